The largest absolute Gasteiger partial charge is 0.508 e. The van der Waals surface area contributed by atoms with Crippen LogP contribution in [0.1, 0.15) is 83.3 Å². The number of phenolic OH excluding ortho intramolecular Hbond substituents is 1. The van der Waals surface area contributed by atoms with Gasteiger partial charge in [0.15, 0.2) is 0 Å². The molecule has 0 radical (unpaired) electrons. The Bertz CT molecular complexity index is 1610. The number of phenols is 1. The number of rotatable bonds is 24. The van der Waals surface area contributed by atoms with E-state index in [9.17, 15) is 39.0 Å². The number of amides is 5. The average Bonchev–Trinajstić information content (AvgIpc) is 3.69. The summed E-state index contributed by atoms with van der Waals surface area (Å²) in [6.45, 7) is 6.09. The molecular formula is C41H62N8O8. The van der Waals surface area contributed by atoms with Gasteiger partial charge >= 0.3 is 5.97 Å². The molecule has 16 nitrogen and oxygen atoms in total. The molecule has 57 heavy (non-hydrogen) atoms. The Balaban J connectivity index is 1.68. The van der Waals surface area contributed by atoms with Crippen LogP contribution < -0.4 is 38.1 Å². The number of nitrogens with one attached hydrogen (secondary N) is 5. The van der Waals surface area contributed by atoms with E-state index in [4.69, 9.17) is 11.5 Å². The molecule has 0 bridgehead atoms. The normalized spacial score (nSPS) is 16.5. The maximum Gasteiger partial charge on any atom is 0.326 e. The van der Waals surface area contributed by atoms with Crippen LogP contribution in [0, 0.1) is 5.92 Å². The molecule has 11 N–H and O–H groups in total. The predicted molar refractivity (Wildman–Crippen MR) is 215 cm³/mol. The van der Waals surface area contributed by atoms with E-state index in [0.29, 0.717) is 57.2 Å². The Morgan fingerprint density at radius 1 is 0.807 bits per heavy atom. The van der Waals surface area contributed by atoms with E-state index in [1.807, 2.05) is 13.0 Å². The third kappa shape index (κ3) is 15.1. The molecule has 2 aromatic carbocycles. The van der Waals surface area contributed by atoms with Crippen molar-refractivity contribution < 1.29 is 39.0 Å². The monoisotopic (exact) mass is 794 g/mol. The summed E-state index contributed by atoms with van der Waals surface area (Å²) >= 11 is 0. The highest BCUT2D eigenvalue weighted by atomic mass is 16.4. The molecule has 16 heteroatoms. The summed E-state index contributed by atoms with van der Waals surface area (Å²) < 4.78 is 0. The zero-order valence-corrected chi connectivity index (χ0v) is 33.4. The van der Waals surface area contributed by atoms with E-state index in [1.165, 1.54) is 17.0 Å². The van der Waals surface area contributed by atoms with E-state index < -0.39 is 65.8 Å². The van der Waals surface area contributed by atoms with Crippen LogP contribution >= 0.6 is 0 Å². The minimum atomic E-state index is -1.18. The fourth-order valence-electron chi connectivity index (χ4n) is 6.70. The number of nitrogens with zero attached hydrogens (tertiary/aromatic N) is 1. The minimum absolute atomic E-state index is 0.0491. The number of hydrogen-bond donors (Lipinski definition) is 9. The van der Waals surface area contributed by atoms with Crippen LogP contribution in [0.2, 0.25) is 0 Å². The molecule has 0 spiro atoms. The Labute approximate surface area is 335 Å². The van der Waals surface area contributed by atoms with Gasteiger partial charge in [-0.05, 0) is 67.8 Å². The zero-order valence-electron chi connectivity index (χ0n) is 33.4. The van der Waals surface area contributed by atoms with E-state index >= 15 is 0 Å². The Morgan fingerprint density at radius 2 is 1.47 bits per heavy atom. The van der Waals surface area contributed by atoms with Crippen molar-refractivity contribution in [1.82, 2.24) is 31.5 Å². The molecule has 0 aromatic heterocycles. The summed E-state index contributed by atoms with van der Waals surface area (Å²) in [5, 5.41) is 33.6. The molecule has 0 aliphatic carbocycles. The third-order valence-corrected chi connectivity index (χ3v) is 10.1. The molecule has 3 rings (SSSR count). The van der Waals surface area contributed by atoms with Crippen molar-refractivity contribution in [3.63, 3.8) is 0 Å². The molecule has 1 saturated heterocycles. The van der Waals surface area contributed by atoms with Crippen molar-refractivity contribution in [2.45, 2.75) is 121 Å². The lowest BCUT2D eigenvalue weighted by atomic mass is 10.0. The molecule has 1 fully saturated rings. The number of hydrogen-bond acceptors (Lipinski definition) is 10. The molecule has 0 saturated carbocycles. The topological polar surface area (TPSA) is 258 Å². The molecule has 6 atom stereocenters. The van der Waals surface area contributed by atoms with E-state index in [1.54, 1.807) is 50.2 Å². The predicted octanol–water partition coefficient (Wildman–Crippen LogP) is 1.04. The van der Waals surface area contributed by atoms with Gasteiger partial charge in [-0.1, -0.05) is 82.5 Å². The number of carbonyl (C=O) groups is 6. The standard InChI is InChI=1S/C41H62N8O8/c1-4-5-14-30(43)36(51)46-32(23-28-17-19-29(50)20-18-28)37(52)48-35(26(2)3)39(54)45-25-44-31(15-9-10-21-42)40(55)49-22-11-16-34(49)38(53)47-33(41(56)57)24-27-12-7-6-8-13-27/h6-8,12-13,17-20,26,30-35,44,50H,4-5,9-11,14-16,21-25,42-43H2,1-3H3,(H,45,54)(H,46,51)(H,47,53)(H,48,52)(H,56,57)/t30-,31-,32-,33-,34-,35-/m0/s1. The van der Waals surface area contributed by atoms with Gasteiger partial charge in [-0.3, -0.25) is 29.3 Å². The van der Waals surface area contributed by atoms with Crippen LogP contribution in [0.4, 0.5) is 0 Å². The fourth-order valence-corrected chi connectivity index (χ4v) is 6.70. The van der Waals surface area contributed by atoms with Crippen LogP contribution in [0.3, 0.4) is 0 Å². The number of nitrogens with two attached hydrogens (primary N) is 2. The highest BCUT2D eigenvalue weighted by molar-refractivity contribution is 5.94. The third-order valence-electron chi connectivity index (χ3n) is 10.1. The number of carboxylic acids is 1. The lowest BCUT2D eigenvalue weighted by Gasteiger charge is -2.30. The number of aliphatic carboxylic acids is 1. The summed E-state index contributed by atoms with van der Waals surface area (Å²) in [6, 6.07) is 9.46. The van der Waals surface area contributed by atoms with Gasteiger partial charge < -0.3 is 47.8 Å². The van der Waals surface area contributed by atoms with Crippen molar-refractivity contribution in [2.75, 3.05) is 19.8 Å². The van der Waals surface area contributed by atoms with Crippen molar-refractivity contribution in [3.8, 4) is 5.75 Å². The van der Waals surface area contributed by atoms with Crippen LogP contribution in [-0.2, 0) is 41.6 Å². The van der Waals surface area contributed by atoms with Gasteiger partial charge in [0, 0.05) is 19.4 Å². The SMILES string of the molecule is CCCC[C@H](N)C(=O)N[C@@H](Cc1ccc(O)cc1)C(=O)N[C@H](C(=O)NCN[C@@H](CCCCN)C(=O)N1CCC[C@H]1C(=O)N[C@@H](Cc1ccccc1)C(=O)O)C(C)C. The lowest BCUT2D eigenvalue weighted by Crippen LogP contribution is -2.59. The Hall–Kier alpha value is -5.06. The van der Waals surface area contributed by atoms with Crippen molar-refractivity contribution in [1.29, 1.82) is 0 Å². The Kier molecular flexibility index (Phi) is 19.4. The van der Waals surface area contributed by atoms with Crippen LogP contribution in [-0.4, -0.2) is 107 Å². The van der Waals surface area contributed by atoms with Crippen molar-refractivity contribution in [3.05, 3.63) is 65.7 Å². The molecule has 1 heterocycles. The number of likely N-dealkylation sites (tertiary alicyclic amines) is 1. The van der Waals surface area contributed by atoms with Gasteiger partial charge in [0.25, 0.3) is 0 Å². The smallest absolute Gasteiger partial charge is 0.326 e. The van der Waals surface area contributed by atoms with E-state index in [0.717, 1.165) is 18.4 Å². The number of carboxylic acid groups (broad SMARTS) is 1. The van der Waals surface area contributed by atoms with Gasteiger partial charge in [0.1, 0.15) is 29.9 Å². The summed E-state index contributed by atoms with van der Waals surface area (Å²) in [4.78, 5) is 81.2. The molecule has 314 valence electrons. The summed E-state index contributed by atoms with van der Waals surface area (Å²) in [7, 11) is 0. The summed E-state index contributed by atoms with van der Waals surface area (Å²) in [6.07, 6.45) is 4.74. The van der Waals surface area contributed by atoms with Crippen molar-refractivity contribution in [2.24, 2.45) is 17.4 Å². The second kappa shape index (κ2) is 23.9. The molecule has 1 aliphatic heterocycles. The van der Waals surface area contributed by atoms with Gasteiger partial charge in [0.05, 0.1) is 18.8 Å². The quantitative estimate of drug-likeness (QED) is 0.0536. The second-order valence-electron chi connectivity index (χ2n) is 14.9. The number of benzene rings is 2. The van der Waals surface area contributed by atoms with Gasteiger partial charge in [-0.15, -0.1) is 0 Å². The molecule has 5 amide bonds. The van der Waals surface area contributed by atoms with Crippen LogP contribution in [0.25, 0.3) is 0 Å². The highest BCUT2D eigenvalue weighted by Gasteiger charge is 2.38. The second-order valence-corrected chi connectivity index (χ2v) is 14.9. The zero-order chi connectivity index (χ0) is 41.9. The van der Waals surface area contributed by atoms with Gasteiger partial charge in [-0.25, -0.2) is 4.79 Å². The number of unbranched alkanes of at least 4 members (excludes halogenated alkanes) is 2. The van der Waals surface area contributed by atoms with Crippen LogP contribution in [0.15, 0.2) is 54.6 Å². The maximum absolute atomic E-state index is 14.0. The minimum Gasteiger partial charge on any atom is -0.508 e. The first kappa shape index (κ1) is 46.3. The molecule has 0 unspecified atom stereocenters. The molecular weight excluding hydrogens is 732 g/mol. The maximum atomic E-state index is 14.0. The highest BCUT2D eigenvalue weighted by Crippen LogP contribution is 2.21. The Morgan fingerprint density at radius 3 is 2.11 bits per heavy atom. The molecule has 2 aromatic rings. The number of carbonyl (C=O) groups excluding carboxylic acids is 5. The van der Waals surface area contributed by atoms with Gasteiger partial charge in [0.2, 0.25) is 29.5 Å². The average molecular weight is 795 g/mol. The first-order valence-electron chi connectivity index (χ1n) is 20.0. The van der Waals surface area contributed by atoms with Crippen LogP contribution in [0.5, 0.6) is 5.75 Å². The first-order valence-corrected chi connectivity index (χ1v) is 20.0. The van der Waals surface area contributed by atoms with Gasteiger partial charge in [-0.2, -0.15) is 0 Å². The fraction of sp³-hybridized carbons (Fsp3) is 0.561. The van der Waals surface area contributed by atoms with E-state index in [-0.39, 0.29) is 37.1 Å². The number of aromatic hydroxyl groups is 1. The molecule has 1 aliphatic rings. The van der Waals surface area contributed by atoms with E-state index in [2.05, 4.69) is 26.6 Å². The summed E-state index contributed by atoms with van der Waals surface area (Å²) in [5.74, 6) is -4.01. The first-order chi connectivity index (χ1) is 27.2. The summed E-state index contributed by atoms with van der Waals surface area (Å²) in [5.41, 5.74) is 13.2. The lowest BCUT2D eigenvalue weighted by molar-refractivity contribution is -0.144. The van der Waals surface area contributed by atoms with Crippen molar-refractivity contribution >= 4 is 35.5 Å².